The Morgan fingerprint density at radius 1 is 1.03 bits per heavy atom. The van der Waals surface area contributed by atoms with E-state index in [-0.39, 0.29) is 17.7 Å². The number of aromatic nitrogens is 5. The van der Waals surface area contributed by atoms with Crippen LogP contribution in [0.15, 0.2) is 61.3 Å². The Balaban J connectivity index is 1.11. The minimum absolute atomic E-state index is 0.130. The molecule has 3 aromatic heterocycles. The molecule has 1 unspecified atom stereocenters. The number of benzene rings is 2. The summed E-state index contributed by atoms with van der Waals surface area (Å²) in [6.45, 7) is 3.56. The Bertz CT molecular complexity index is 1530. The van der Waals surface area contributed by atoms with Crippen LogP contribution < -0.4 is 15.0 Å². The molecule has 2 N–H and O–H groups in total. The van der Waals surface area contributed by atoms with Crippen molar-refractivity contribution in [2.45, 2.75) is 31.8 Å². The number of nitrogens with zero attached hydrogens (tertiary/aromatic N) is 5. The number of rotatable bonds is 10. The van der Waals surface area contributed by atoms with Crippen molar-refractivity contribution in [3.8, 4) is 5.75 Å². The number of fused-ring (bicyclic) bond motifs is 2. The summed E-state index contributed by atoms with van der Waals surface area (Å²) in [6.07, 6.45) is 7.97. The quantitative estimate of drug-likeness (QED) is 0.266. The number of H-pyrrole nitrogens is 1. The van der Waals surface area contributed by atoms with Gasteiger partial charge in [0.05, 0.1) is 17.9 Å². The van der Waals surface area contributed by atoms with Crippen LogP contribution in [0.1, 0.15) is 18.4 Å². The SMILES string of the molecule is Fc1ccc(CCNCCn2cc(OCC3CCCN3c3ncnc4[nH]cnc34)c3cc(F)ccc32)cc1. The highest BCUT2D eigenvalue weighted by molar-refractivity contribution is 5.87. The van der Waals surface area contributed by atoms with Gasteiger partial charge in [-0.25, -0.2) is 23.7 Å². The first kappa shape index (κ1) is 24.3. The van der Waals surface area contributed by atoms with Crippen LogP contribution in [0.3, 0.4) is 0 Å². The summed E-state index contributed by atoms with van der Waals surface area (Å²) < 4.78 is 35.7. The van der Waals surface area contributed by atoms with Gasteiger partial charge in [-0.15, -0.1) is 0 Å². The van der Waals surface area contributed by atoms with Gasteiger partial charge in [0, 0.05) is 31.2 Å². The molecule has 6 rings (SSSR count). The van der Waals surface area contributed by atoms with E-state index in [4.69, 9.17) is 4.74 Å². The van der Waals surface area contributed by atoms with Crippen LogP contribution in [0.4, 0.5) is 14.6 Å². The number of anilines is 1. The fourth-order valence-electron chi connectivity index (χ4n) is 5.18. The molecule has 10 heteroatoms. The van der Waals surface area contributed by atoms with Crippen molar-refractivity contribution in [3.05, 3.63) is 78.5 Å². The number of hydrogen-bond donors (Lipinski definition) is 2. The van der Waals surface area contributed by atoms with Gasteiger partial charge in [-0.3, -0.25) is 0 Å². The molecule has 1 fully saturated rings. The van der Waals surface area contributed by atoms with Crippen molar-refractivity contribution in [2.24, 2.45) is 0 Å². The maximum absolute atomic E-state index is 14.2. The molecule has 0 aliphatic carbocycles. The molecule has 0 bridgehead atoms. The first-order valence-corrected chi connectivity index (χ1v) is 12.9. The Labute approximate surface area is 218 Å². The van der Waals surface area contributed by atoms with E-state index in [1.807, 2.05) is 18.3 Å². The molecule has 0 spiro atoms. The Kier molecular flexibility index (Phi) is 6.87. The molecular weight excluding hydrogens is 488 g/mol. The summed E-state index contributed by atoms with van der Waals surface area (Å²) in [5, 5.41) is 4.20. The molecular formula is C28H29F2N7O. The summed E-state index contributed by atoms with van der Waals surface area (Å²) in [4.78, 5) is 18.4. The van der Waals surface area contributed by atoms with Crippen molar-refractivity contribution in [1.29, 1.82) is 0 Å². The van der Waals surface area contributed by atoms with Crippen molar-refractivity contribution in [2.75, 3.05) is 31.1 Å². The summed E-state index contributed by atoms with van der Waals surface area (Å²) in [7, 11) is 0. The molecule has 1 atom stereocenters. The molecule has 2 aromatic carbocycles. The third-order valence-electron chi connectivity index (χ3n) is 7.12. The van der Waals surface area contributed by atoms with Crippen LogP contribution in [0, 0.1) is 11.6 Å². The molecule has 8 nitrogen and oxygen atoms in total. The third-order valence-corrected chi connectivity index (χ3v) is 7.12. The largest absolute Gasteiger partial charge is 0.489 e. The number of ether oxygens (including phenoxy) is 1. The van der Waals surface area contributed by atoms with Gasteiger partial charge in [0.25, 0.3) is 0 Å². The number of nitrogens with one attached hydrogen (secondary N) is 2. The van der Waals surface area contributed by atoms with Gasteiger partial charge in [-0.2, -0.15) is 0 Å². The van der Waals surface area contributed by atoms with E-state index in [0.717, 1.165) is 66.7 Å². The number of halogens is 2. The summed E-state index contributed by atoms with van der Waals surface area (Å²) in [5.41, 5.74) is 3.49. The molecule has 4 heterocycles. The standard InChI is InChI=1S/C28H29F2N7O/c29-20-5-3-19(4-6-20)9-10-31-11-13-36-15-25(23-14-21(30)7-8-24(23)36)38-16-22-2-1-12-37(22)28-26-27(33-17-32-26)34-18-35-28/h3-8,14-15,17-18,22,31H,1-2,9-13,16H2,(H,32,33,34,35). The zero-order valence-electron chi connectivity index (χ0n) is 20.9. The smallest absolute Gasteiger partial charge is 0.162 e. The normalized spacial score (nSPS) is 15.6. The van der Waals surface area contributed by atoms with E-state index in [0.29, 0.717) is 24.5 Å². The van der Waals surface area contributed by atoms with Gasteiger partial charge in [-0.1, -0.05) is 12.1 Å². The lowest BCUT2D eigenvalue weighted by Gasteiger charge is -2.25. The first-order chi connectivity index (χ1) is 18.7. The van der Waals surface area contributed by atoms with E-state index in [2.05, 4.69) is 34.7 Å². The molecule has 0 saturated carbocycles. The second kappa shape index (κ2) is 10.7. The molecule has 0 radical (unpaired) electrons. The molecule has 196 valence electrons. The Morgan fingerprint density at radius 3 is 2.79 bits per heavy atom. The van der Waals surface area contributed by atoms with Gasteiger partial charge in [0.2, 0.25) is 0 Å². The topological polar surface area (TPSA) is 83.9 Å². The average Bonchev–Trinajstić information content (AvgIpc) is 3.67. The molecule has 38 heavy (non-hydrogen) atoms. The van der Waals surface area contributed by atoms with Gasteiger partial charge in [0.1, 0.15) is 35.8 Å². The van der Waals surface area contributed by atoms with Crippen LogP contribution in [0.5, 0.6) is 5.75 Å². The van der Waals surface area contributed by atoms with Gasteiger partial charge < -0.3 is 24.5 Å². The molecule has 0 amide bonds. The fourth-order valence-corrected chi connectivity index (χ4v) is 5.18. The average molecular weight is 518 g/mol. The van der Waals surface area contributed by atoms with E-state index >= 15 is 0 Å². The highest BCUT2D eigenvalue weighted by Gasteiger charge is 2.29. The zero-order valence-corrected chi connectivity index (χ0v) is 20.9. The minimum atomic E-state index is -0.290. The Morgan fingerprint density at radius 2 is 1.89 bits per heavy atom. The maximum atomic E-state index is 14.2. The first-order valence-electron chi connectivity index (χ1n) is 12.9. The lowest BCUT2D eigenvalue weighted by atomic mass is 10.1. The fraction of sp³-hybridized carbons (Fsp3) is 0.321. The third kappa shape index (κ3) is 5.04. The second-order valence-corrected chi connectivity index (χ2v) is 9.57. The minimum Gasteiger partial charge on any atom is -0.489 e. The summed E-state index contributed by atoms with van der Waals surface area (Å²) in [5.74, 6) is 0.968. The van der Waals surface area contributed by atoms with Crippen LogP contribution in [0.25, 0.3) is 22.1 Å². The van der Waals surface area contributed by atoms with Crippen molar-refractivity contribution < 1.29 is 13.5 Å². The molecule has 1 saturated heterocycles. The number of aromatic amines is 1. The van der Waals surface area contributed by atoms with Gasteiger partial charge in [-0.05, 0) is 61.7 Å². The van der Waals surface area contributed by atoms with Crippen LogP contribution in [-0.2, 0) is 13.0 Å². The highest BCUT2D eigenvalue weighted by atomic mass is 19.1. The highest BCUT2D eigenvalue weighted by Crippen LogP contribution is 2.32. The van der Waals surface area contributed by atoms with Gasteiger partial charge >= 0.3 is 0 Å². The van der Waals surface area contributed by atoms with Gasteiger partial charge in [0.15, 0.2) is 11.5 Å². The van der Waals surface area contributed by atoms with Crippen molar-refractivity contribution in [3.63, 3.8) is 0 Å². The van der Waals surface area contributed by atoms with Crippen molar-refractivity contribution >= 4 is 27.9 Å². The predicted molar refractivity (Wildman–Crippen MR) is 142 cm³/mol. The maximum Gasteiger partial charge on any atom is 0.162 e. The van der Waals surface area contributed by atoms with E-state index in [1.165, 1.54) is 24.3 Å². The van der Waals surface area contributed by atoms with Crippen molar-refractivity contribution in [1.82, 2.24) is 29.8 Å². The lowest BCUT2D eigenvalue weighted by Crippen LogP contribution is -2.35. The monoisotopic (exact) mass is 517 g/mol. The predicted octanol–water partition coefficient (Wildman–Crippen LogP) is 4.47. The Hall–Kier alpha value is -4.05. The number of hydrogen-bond acceptors (Lipinski definition) is 6. The number of imidazole rings is 1. The van der Waals surface area contributed by atoms with E-state index < -0.39 is 0 Å². The van der Waals surface area contributed by atoms with E-state index in [9.17, 15) is 8.78 Å². The molecule has 1 aliphatic heterocycles. The summed E-state index contributed by atoms with van der Waals surface area (Å²) >= 11 is 0. The lowest BCUT2D eigenvalue weighted by molar-refractivity contribution is 0.290. The van der Waals surface area contributed by atoms with Crippen LogP contribution in [-0.4, -0.2) is 56.8 Å². The second-order valence-electron chi connectivity index (χ2n) is 9.57. The molecule has 1 aliphatic rings. The van der Waals surface area contributed by atoms with Crippen LogP contribution in [0.2, 0.25) is 0 Å². The van der Waals surface area contributed by atoms with Crippen LogP contribution >= 0.6 is 0 Å². The van der Waals surface area contributed by atoms with E-state index in [1.54, 1.807) is 18.7 Å². The summed E-state index contributed by atoms with van der Waals surface area (Å²) in [6, 6.07) is 11.5. The molecule has 5 aromatic rings. The zero-order chi connectivity index (χ0) is 25.9.